The van der Waals surface area contributed by atoms with E-state index in [0.717, 1.165) is 36.9 Å². The van der Waals surface area contributed by atoms with E-state index in [9.17, 15) is 8.42 Å². The average Bonchev–Trinajstić information content (AvgIpc) is 2.59. The van der Waals surface area contributed by atoms with Gasteiger partial charge in [-0.15, -0.1) is 0 Å². The molecule has 0 aromatic heterocycles. The third-order valence-corrected chi connectivity index (χ3v) is 5.54. The van der Waals surface area contributed by atoms with E-state index in [1.165, 1.54) is 0 Å². The maximum Gasteiger partial charge on any atom is 0.211 e. The van der Waals surface area contributed by atoms with Crippen molar-refractivity contribution in [3.05, 3.63) is 29.3 Å². The predicted octanol–water partition coefficient (Wildman–Crippen LogP) is 0.716. The first-order chi connectivity index (χ1) is 11.4. The Hall–Kier alpha value is -1.51. The van der Waals surface area contributed by atoms with E-state index in [4.69, 9.17) is 17.3 Å². The minimum Gasteiger partial charge on any atom is -0.370 e. The number of halogens is 1. The summed E-state index contributed by atoms with van der Waals surface area (Å²) in [5.74, 6) is 0.528. The molecule has 0 bridgehead atoms. The number of nitrogens with two attached hydrogens (primary N) is 1. The molecule has 1 saturated heterocycles. The molecule has 1 aliphatic rings. The van der Waals surface area contributed by atoms with Crippen LogP contribution in [-0.2, 0) is 10.0 Å². The van der Waals surface area contributed by atoms with Gasteiger partial charge in [0, 0.05) is 43.4 Å². The number of guanidine groups is 1. The van der Waals surface area contributed by atoms with Gasteiger partial charge in [0.05, 0.1) is 12.3 Å². The summed E-state index contributed by atoms with van der Waals surface area (Å²) >= 11 is 5.91. The minimum absolute atomic E-state index is 0.0683. The van der Waals surface area contributed by atoms with E-state index in [0.29, 0.717) is 12.5 Å². The molecule has 1 aromatic rings. The Morgan fingerprint density at radius 2 is 1.88 bits per heavy atom. The van der Waals surface area contributed by atoms with Crippen LogP contribution in [0.4, 0.5) is 5.69 Å². The number of nitrogens with one attached hydrogen (secondary N) is 1. The normalized spacial score (nSPS) is 16.5. The second kappa shape index (κ2) is 8.55. The number of rotatable bonds is 6. The number of sulfonamides is 1. The molecular formula is C15H24ClN5O2S. The zero-order valence-corrected chi connectivity index (χ0v) is 15.4. The van der Waals surface area contributed by atoms with E-state index in [1.807, 2.05) is 29.2 Å². The van der Waals surface area contributed by atoms with Crippen molar-refractivity contribution in [3.8, 4) is 0 Å². The lowest BCUT2D eigenvalue weighted by Gasteiger charge is -2.36. The van der Waals surface area contributed by atoms with Gasteiger partial charge in [0.1, 0.15) is 0 Å². The SMILES string of the molecule is CCS(=O)(=O)NCCN=C(N)N1CCN(c2ccc(Cl)cc2)CC1. The summed E-state index contributed by atoms with van der Waals surface area (Å²) in [4.78, 5) is 8.54. The smallest absolute Gasteiger partial charge is 0.211 e. The van der Waals surface area contributed by atoms with E-state index < -0.39 is 10.0 Å². The summed E-state index contributed by atoms with van der Waals surface area (Å²) < 4.78 is 25.1. The van der Waals surface area contributed by atoms with Gasteiger partial charge in [-0.3, -0.25) is 4.99 Å². The van der Waals surface area contributed by atoms with Crippen LogP contribution in [0, 0.1) is 0 Å². The Labute approximate surface area is 148 Å². The first-order valence-electron chi connectivity index (χ1n) is 7.94. The maximum atomic E-state index is 11.3. The summed E-state index contributed by atoms with van der Waals surface area (Å²) in [5, 5.41) is 0.729. The molecule has 1 fully saturated rings. The summed E-state index contributed by atoms with van der Waals surface area (Å²) in [6, 6.07) is 7.79. The van der Waals surface area contributed by atoms with Gasteiger partial charge in [-0.05, 0) is 31.2 Å². The summed E-state index contributed by atoms with van der Waals surface area (Å²) in [6.07, 6.45) is 0. The van der Waals surface area contributed by atoms with Crippen molar-refractivity contribution >= 4 is 33.3 Å². The highest BCUT2D eigenvalue weighted by atomic mass is 35.5. The Morgan fingerprint density at radius 3 is 2.46 bits per heavy atom. The second-order valence-electron chi connectivity index (χ2n) is 5.49. The molecule has 1 heterocycles. The fourth-order valence-electron chi connectivity index (χ4n) is 2.42. The van der Waals surface area contributed by atoms with Gasteiger partial charge in [-0.25, -0.2) is 13.1 Å². The lowest BCUT2D eigenvalue weighted by molar-refractivity contribution is 0.381. The largest absolute Gasteiger partial charge is 0.370 e. The molecule has 24 heavy (non-hydrogen) atoms. The molecule has 0 radical (unpaired) electrons. The number of nitrogens with zero attached hydrogens (tertiary/aromatic N) is 3. The van der Waals surface area contributed by atoms with Crippen LogP contribution in [-0.4, -0.2) is 64.3 Å². The molecule has 0 atom stereocenters. The fraction of sp³-hybridized carbons (Fsp3) is 0.533. The summed E-state index contributed by atoms with van der Waals surface area (Å²) in [7, 11) is -3.17. The molecule has 1 aromatic carbocycles. The van der Waals surface area contributed by atoms with E-state index in [2.05, 4.69) is 14.6 Å². The van der Waals surface area contributed by atoms with Crippen LogP contribution in [0.25, 0.3) is 0 Å². The number of benzene rings is 1. The highest BCUT2D eigenvalue weighted by Gasteiger charge is 2.18. The van der Waals surface area contributed by atoms with Crippen LogP contribution in [0.3, 0.4) is 0 Å². The predicted molar refractivity (Wildman–Crippen MR) is 99.2 cm³/mol. The van der Waals surface area contributed by atoms with Crippen molar-refractivity contribution in [2.24, 2.45) is 10.7 Å². The lowest BCUT2D eigenvalue weighted by Crippen LogP contribution is -2.51. The molecule has 0 amide bonds. The maximum absolute atomic E-state index is 11.3. The molecule has 0 aliphatic carbocycles. The van der Waals surface area contributed by atoms with Crippen LogP contribution in [0.5, 0.6) is 0 Å². The van der Waals surface area contributed by atoms with E-state index >= 15 is 0 Å². The molecule has 0 unspecified atom stereocenters. The molecule has 0 spiro atoms. The quantitative estimate of drug-likeness (QED) is 0.435. The van der Waals surface area contributed by atoms with E-state index in [1.54, 1.807) is 6.92 Å². The summed E-state index contributed by atoms with van der Waals surface area (Å²) in [6.45, 7) is 5.45. The van der Waals surface area contributed by atoms with Gasteiger partial charge < -0.3 is 15.5 Å². The van der Waals surface area contributed by atoms with Crippen molar-refractivity contribution in [1.29, 1.82) is 0 Å². The van der Waals surface area contributed by atoms with Gasteiger partial charge in [0.15, 0.2) is 5.96 Å². The molecule has 1 aliphatic heterocycles. The Balaban J connectivity index is 1.78. The van der Waals surface area contributed by atoms with Gasteiger partial charge in [0.25, 0.3) is 0 Å². The average molecular weight is 374 g/mol. The monoisotopic (exact) mass is 373 g/mol. The zero-order valence-electron chi connectivity index (χ0n) is 13.8. The third-order valence-electron chi connectivity index (χ3n) is 3.88. The third kappa shape index (κ3) is 5.54. The standard InChI is InChI=1S/C15H24ClN5O2S/c1-2-24(22,23)19-8-7-18-15(17)21-11-9-20(10-12-21)14-5-3-13(16)4-6-14/h3-6,19H,2,7-12H2,1H3,(H2,17,18). The van der Waals surface area contributed by atoms with Gasteiger partial charge in [-0.1, -0.05) is 11.6 Å². The zero-order chi connectivity index (χ0) is 17.6. The minimum atomic E-state index is -3.17. The molecule has 0 saturated carbocycles. The molecular weight excluding hydrogens is 350 g/mol. The molecule has 2 rings (SSSR count). The van der Waals surface area contributed by atoms with Gasteiger partial charge in [-0.2, -0.15) is 0 Å². The summed E-state index contributed by atoms with van der Waals surface area (Å²) in [5.41, 5.74) is 7.14. The highest BCUT2D eigenvalue weighted by molar-refractivity contribution is 7.89. The Bertz CT molecular complexity index is 655. The number of piperazine rings is 1. The lowest BCUT2D eigenvalue weighted by atomic mass is 10.2. The van der Waals surface area contributed by atoms with E-state index in [-0.39, 0.29) is 12.3 Å². The van der Waals surface area contributed by atoms with Crippen molar-refractivity contribution < 1.29 is 8.42 Å². The highest BCUT2D eigenvalue weighted by Crippen LogP contribution is 2.19. The topological polar surface area (TPSA) is 91.0 Å². The fourth-order valence-corrected chi connectivity index (χ4v) is 3.15. The van der Waals surface area contributed by atoms with Crippen molar-refractivity contribution in [2.75, 3.05) is 49.9 Å². The van der Waals surface area contributed by atoms with Crippen LogP contribution < -0.4 is 15.4 Å². The molecule has 3 N–H and O–H groups in total. The first-order valence-corrected chi connectivity index (χ1v) is 9.97. The van der Waals surface area contributed by atoms with Crippen LogP contribution >= 0.6 is 11.6 Å². The number of hydrogen-bond donors (Lipinski definition) is 2. The molecule has 134 valence electrons. The molecule has 9 heteroatoms. The second-order valence-corrected chi connectivity index (χ2v) is 8.02. The van der Waals surface area contributed by atoms with Crippen molar-refractivity contribution in [2.45, 2.75) is 6.92 Å². The number of aliphatic imine (C=N–C) groups is 1. The van der Waals surface area contributed by atoms with Crippen LogP contribution in [0.15, 0.2) is 29.3 Å². The molecule has 7 nitrogen and oxygen atoms in total. The van der Waals surface area contributed by atoms with Crippen LogP contribution in [0.2, 0.25) is 5.02 Å². The Kier molecular flexibility index (Phi) is 6.70. The number of hydrogen-bond acceptors (Lipinski definition) is 4. The van der Waals surface area contributed by atoms with Gasteiger partial charge >= 0.3 is 0 Å². The van der Waals surface area contributed by atoms with Crippen LogP contribution in [0.1, 0.15) is 6.92 Å². The number of anilines is 1. The van der Waals surface area contributed by atoms with Crippen molar-refractivity contribution in [1.82, 2.24) is 9.62 Å². The van der Waals surface area contributed by atoms with Gasteiger partial charge in [0.2, 0.25) is 10.0 Å². The Morgan fingerprint density at radius 1 is 1.25 bits per heavy atom. The first kappa shape index (κ1) is 18.8. The van der Waals surface area contributed by atoms with Crippen molar-refractivity contribution in [3.63, 3.8) is 0 Å².